The van der Waals surface area contributed by atoms with Gasteiger partial charge in [-0.15, -0.1) is 0 Å². The third kappa shape index (κ3) is 3.64. The van der Waals surface area contributed by atoms with Crippen molar-refractivity contribution in [1.82, 2.24) is 4.72 Å². The van der Waals surface area contributed by atoms with Crippen LogP contribution >= 0.6 is 11.9 Å². The van der Waals surface area contributed by atoms with Crippen LogP contribution in [-0.2, 0) is 9.53 Å². The minimum absolute atomic E-state index is 0.00323. The number of halogens is 4. The largest absolute Gasteiger partial charge is 0.461 e. The van der Waals surface area contributed by atoms with Gasteiger partial charge in [0.05, 0.1) is 0 Å². The molecule has 0 amide bonds. The van der Waals surface area contributed by atoms with Gasteiger partial charge in [0, 0.05) is 12.6 Å². The first-order valence-electron chi connectivity index (χ1n) is 5.20. The molecule has 3 N–H and O–H groups in total. The predicted molar refractivity (Wildman–Crippen MR) is 65.7 cm³/mol. The molecule has 0 aliphatic rings. The van der Waals surface area contributed by atoms with Gasteiger partial charge >= 0.3 is 5.97 Å². The van der Waals surface area contributed by atoms with Crippen LogP contribution in [0.15, 0.2) is 17.6 Å². The number of nitrogen functional groups attached to an aromatic ring is 1. The highest BCUT2D eigenvalue weighted by molar-refractivity contribution is 7.97. The molecule has 0 bridgehead atoms. The second-order valence-corrected chi connectivity index (χ2v) is 4.27. The molecule has 9 heteroatoms. The number of carbonyl (C=O) groups is 1. The highest BCUT2D eigenvalue weighted by atomic mass is 32.2. The van der Waals surface area contributed by atoms with E-state index in [1.807, 2.05) is 0 Å². The maximum Gasteiger partial charge on any atom is 0.330 e. The minimum Gasteiger partial charge on any atom is -0.461 e. The van der Waals surface area contributed by atoms with Crippen LogP contribution in [0.2, 0.25) is 0 Å². The van der Waals surface area contributed by atoms with Crippen molar-refractivity contribution in [2.24, 2.45) is 0 Å². The van der Waals surface area contributed by atoms with Crippen LogP contribution in [0.1, 0.15) is 0 Å². The molecule has 1 rings (SSSR count). The first-order chi connectivity index (χ1) is 9.40. The van der Waals surface area contributed by atoms with Gasteiger partial charge in [0.25, 0.3) is 0 Å². The Bertz CT molecular complexity index is 511. The van der Waals surface area contributed by atoms with Crippen LogP contribution in [0.25, 0.3) is 0 Å². The second-order valence-electron chi connectivity index (χ2n) is 3.37. The van der Waals surface area contributed by atoms with Gasteiger partial charge in [-0.2, -0.15) is 0 Å². The van der Waals surface area contributed by atoms with Crippen LogP contribution in [0.5, 0.6) is 0 Å². The molecular weight excluding hydrogens is 300 g/mol. The Labute approximate surface area is 116 Å². The lowest BCUT2D eigenvalue weighted by molar-refractivity contribution is -0.137. The number of hydrogen-bond donors (Lipinski definition) is 2. The molecule has 4 nitrogen and oxygen atoms in total. The Morgan fingerprint density at radius 3 is 2.30 bits per heavy atom. The summed E-state index contributed by atoms with van der Waals surface area (Å²) in [5.74, 6) is -7.18. The van der Waals surface area contributed by atoms with Gasteiger partial charge in [-0.1, -0.05) is 6.58 Å². The van der Waals surface area contributed by atoms with E-state index in [0.717, 1.165) is 6.08 Å². The fraction of sp³-hybridized carbons (Fsp3) is 0.182. The fourth-order valence-electron chi connectivity index (χ4n) is 1.09. The standard InChI is InChI=1S/C11H10F4N2O2S/c1-2-5(18)19-4-3-17-20-11-8(14)6(12)10(16)7(13)9(11)15/h2,17H,1,3-4,16H2. The smallest absolute Gasteiger partial charge is 0.330 e. The van der Waals surface area contributed by atoms with Crippen molar-refractivity contribution in [2.45, 2.75) is 4.90 Å². The first kappa shape index (κ1) is 16.3. The average molecular weight is 310 g/mol. The SMILES string of the molecule is C=CC(=O)OCCNSc1c(F)c(F)c(N)c(F)c1F. The summed E-state index contributed by atoms with van der Waals surface area (Å²) in [6, 6.07) is 0. The topological polar surface area (TPSA) is 64.3 Å². The van der Waals surface area contributed by atoms with Crippen molar-refractivity contribution >= 4 is 23.6 Å². The maximum absolute atomic E-state index is 13.4. The van der Waals surface area contributed by atoms with E-state index < -0.39 is 39.8 Å². The molecule has 0 atom stereocenters. The van der Waals surface area contributed by atoms with E-state index in [1.165, 1.54) is 0 Å². The quantitative estimate of drug-likeness (QED) is 0.160. The van der Waals surface area contributed by atoms with Crippen molar-refractivity contribution in [3.8, 4) is 0 Å². The van der Waals surface area contributed by atoms with Gasteiger partial charge in [0.2, 0.25) is 0 Å². The van der Waals surface area contributed by atoms with E-state index >= 15 is 0 Å². The lowest BCUT2D eigenvalue weighted by Crippen LogP contribution is -2.16. The summed E-state index contributed by atoms with van der Waals surface area (Å²) >= 11 is 0.317. The summed E-state index contributed by atoms with van der Waals surface area (Å²) in [7, 11) is 0. The molecule has 1 aromatic rings. The maximum atomic E-state index is 13.4. The van der Waals surface area contributed by atoms with E-state index in [-0.39, 0.29) is 13.2 Å². The molecule has 0 fully saturated rings. The number of nitrogens with one attached hydrogen (secondary N) is 1. The number of anilines is 1. The number of carbonyl (C=O) groups excluding carboxylic acids is 1. The molecule has 1 aromatic carbocycles. The Morgan fingerprint density at radius 1 is 1.25 bits per heavy atom. The zero-order valence-electron chi connectivity index (χ0n) is 10.0. The minimum atomic E-state index is -1.66. The zero-order valence-corrected chi connectivity index (χ0v) is 10.8. The number of hydrogen-bond acceptors (Lipinski definition) is 5. The number of ether oxygens (including phenoxy) is 1. The molecule has 0 aliphatic carbocycles. The molecular formula is C11H10F4N2O2S. The summed E-state index contributed by atoms with van der Waals surface area (Å²) in [6.45, 7) is 3.05. The normalized spacial score (nSPS) is 10.4. The zero-order chi connectivity index (χ0) is 15.3. The molecule has 20 heavy (non-hydrogen) atoms. The molecule has 0 spiro atoms. The molecule has 0 aromatic heterocycles. The third-order valence-electron chi connectivity index (χ3n) is 2.05. The molecule has 0 radical (unpaired) electrons. The van der Waals surface area contributed by atoms with Crippen LogP contribution in [-0.4, -0.2) is 19.1 Å². The molecule has 0 saturated carbocycles. The summed E-state index contributed by atoms with van der Waals surface area (Å²) in [5.41, 5.74) is 3.63. The number of benzene rings is 1. The Kier molecular flexibility index (Phi) is 5.83. The van der Waals surface area contributed by atoms with Crippen molar-refractivity contribution in [3.05, 3.63) is 35.9 Å². The molecule has 0 heterocycles. The van der Waals surface area contributed by atoms with Crippen molar-refractivity contribution in [3.63, 3.8) is 0 Å². The van der Waals surface area contributed by atoms with Gasteiger partial charge < -0.3 is 10.5 Å². The number of esters is 1. The van der Waals surface area contributed by atoms with Gasteiger partial charge in [0.1, 0.15) is 17.2 Å². The van der Waals surface area contributed by atoms with E-state index in [4.69, 9.17) is 5.73 Å². The van der Waals surface area contributed by atoms with Crippen LogP contribution in [0.4, 0.5) is 23.2 Å². The van der Waals surface area contributed by atoms with Crippen molar-refractivity contribution < 1.29 is 27.1 Å². The highest BCUT2D eigenvalue weighted by Crippen LogP contribution is 2.31. The Balaban J connectivity index is 2.65. The van der Waals surface area contributed by atoms with Crippen molar-refractivity contribution in [2.75, 3.05) is 18.9 Å². The third-order valence-corrected chi connectivity index (χ3v) is 2.96. The number of nitrogens with two attached hydrogens (primary N) is 1. The lowest BCUT2D eigenvalue weighted by atomic mass is 10.2. The summed E-state index contributed by atoms with van der Waals surface area (Å²) < 4.78 is 60.0. The Hall–Kier alpha value is -1.74. The van der Waals surface area contributed by atoms with E-state index in [0.29, 0.717) is 11.9 Å². The van der Waals surface area contributed by atoms with E-state index in [9.17, 15) is 22.4 Å². The van der Waals surface area contributed by atoms with Crippen LogP contribution in [0.3, 0.4) is 0 Å². The summed E-state index contributed by atoms with van der Waals surface area (Å²) in [6.07, 6.45) is 0.942. The second kappa shape index (κ2) is 7.15. The molecule has 0 saturated heterocycles. The van der Waals surface area contributed by atoms with E-state index in [1.54, 1.807) is 0 Å². The fourth-order valence-corrected chi connectivity index (χ4v) is 1.78. The molecule has 0 aliphatic heterocycles. The van der Waals surface area contributed by atoms with Crippen LogP contribution in [0, 0.1) is 23.3 Å². The van der Waals surface area contributed by atoms with Gasteiger partial charge in [0.15, 0.2) is 23.3 Å². The van der Waals surface area contributed by atoms with E-state index in [2.05, 4.69) is 16.0 Å². The van der Waals surface area contributed by atoms with Gasteiger partial charge in [-0.3, -0.25) is 4.72 Å². The monoisotopic (exact) mass is 310 g/mol. The molecule has 0 unspecified atom stereocenters. The predicted octanol–water partition coefficient (Wildman–Crippen LogP) is 2.15. The average Bonchev–Trinajstić information content (AvgIpc) is 2.45. The lowest BCUT2D eigenvalue weighted by Gasteiger charge is -2.09. The van der Waals surface area contributed by atoms with Crippen molar-refractivity contribution in [1.29, 1.82) is 0 Å². The highest BCUT2D eigenvalue weighted by Gasteiger charge is 2.24. The summed E-state index contributed by atoms with van der Waals surface area (Å²) in [4.78, 5) is 9.77. The number of rotatable bonds is 6. The van der Waals surface area contributed by atoms with Gasteiger partial charge in [-0.25, -0.2) is 22.4 Å². The molecule has 110 valence electrons. The van der Waals surface area contributed by atoms with Gasteiger partial charge in [-0.05, 0) is 11.9 Å². The summed E-state index contributed by atoms with van der Waals surface area (Å²) in [5, 5.41) is 0. The first-order valence-corrected chi connectivity index (χ1v) is 6.02. The Morgan fingerprint density at radius 2 is 1.80 bits per heavy atom. The van der Waals surface area contributed by atoms with Crippen LogP contribution < -0.4 is 10.5 Å².